The molecule has 0 amide bonds. The molecule has 0 fully saturated rings. The van der Waals surface area contributed by atoms with Crippen molar-refractivity contribution in [2.24, 2.45) is 5.73 Å². The second kappa shape index (κ2) is 4.17. The van der Waals surface area contributed by atoms with Crippen molar-refractivity contribution in [1.29, 1.82) is 0 Å². The van der Waals surface area contributed by atoms with Crippen molar-refractivity contribution in [3.63, 3.8) is 0 Å². The number of fused-ring (bicyclic) bond motifs is 1. The van der Waals surface area contributed by atoms with Crippen molar-refractivity contribution in [2.75, 3.05) is 6.61 Å². The average molecular weight is 203 g/mol. The first-order chi connectivity index (χ1) is 7.20. The third-order valence-corrected chi connectivity index (χ3v) is 2.93. The van der Waals surface area contributed by atoms with Gasteiger partial charge in [0.05, 0.1) is 12.6 Å². The number of nitrogens with two attached hydrogens (primary N) is 1. The van der Waals surface area contributed by atoms with Gasteiger partial charge < -0.3 is 10.5 Å². The molecule has 1 aliphatic rings. The molecule has 1 aromatic carbocycles. The molecule has 1 heterocycles. The van der Waals surface area contributed by atoms with Gasteiger partial charge in [0.25, 0.3) is 0 Å². The quantitative estimate of drug-likeness (QED) is 0.748. The van der Waals surface area contributed by atoms with Gasteiger partial charge in [0, 0.05) is 0 Å². The van der Waals surface area contributed by atoms with Crippen LogP contribution in [-0.2, 0) is 11.2 Å². The zero-order valence-electron chi connectivity index (χ0n) is 9.07. The number of benzene rings is 1. The van der Waals surface area contributed by atoms with Crippen molar-refractivity contribution in [1.82, 2.24) is 0 Å². The maximum atomic E-state index is 6.08. The van der Waals surface area contributed by atoms with Gasteiger partial charge in [-0.1, -0.05) is 36.4 Å². The van der Waals surface area contributed by atoms with Crippen LogP contribution in [0, 0.1) is 0 Å². The molecular formula is C13H17NO. The summed E-state index contributed by atoms with van der Waals surface area (Å²) < 4.78 is 5.74. The van der Waals surface area contributed by atoms with Crippen LogP contribution in [-0.4, -0.2) is 12.6 Å². The molecule has 2 unspecified atom stereocenters. The van der Waals surface area contributed by atoms with Gasteiger partial charge in [-0.2, -0.15) is 0 Å². The van der Waals surface area contributed by atoms with Crippen LogP contribution in [0.5, 0.6) is 0 Å². The molecule has 1 aromatic rings. The second-order valence-electron chi connectivity index (χ2n) is 4.11. The summed E-state index contributed by atoms with van der Waals surface area (Å²) in [5.41, 5.74) is 9.62. The van der Waals surface area contributed by atoms with E-state index in [1.165, 1.54) is 11.1 Å². The summed E-state index contributed by atoms with van der Waals surface area (Å²) in [6.07, 6.45) is 0.961. The molecule has 80 valence electrons. The Kier molecular flexibility index (Phi) is 2.89. The van der Waals surface area contributed by atoms with Crippen LogP contribution in [0.4, 0.5) is 0 Å². The van der Waals surface area contributed by atoms with Crippen LogP contribution >= 0.6 is 0 Å². The molecule has 2 atom stereocenters. The molecule has 1 aliphatic heterocycles. The number of rotatable bonds is 2. The first-order valence-electron chi connectivity index (χ1n) is 5.30. The Balaban J connectivity index is 2.33. The van der Waals surface area contributed by atoms with Crippen molar-refractivity contribution in [3.8, 4) is 0 Å². The summed E-state index contributed by atoms with van der Waals surface area (Å²) in [6.45, 7) is 6.60. The molecule has 0 saturated carbocycles. The van der Waals surface area contributed by atoms with E-state index in [1.807, 2.05) is 13.0 Å². The fraction of sp³-hybridized carbons (Fsp3) is 0.385. The highest BCUT2D eigenvalue weighted by Crippen LogP contribution is 2.30. The third-order valence-electron chi connectivity index (χ3n) is 2.93. The molecule has 0 bridgehead atoms. The van der Waals surface area contributed by atoms with E-state index in [-0.39, 0.29) is 12.1 Å². The molecule has 0 spiro atoms. The van der Waals surface area contributed by atoms with Crippen molar-refractivity contribution in [2.45, 2.75) is 25.5 Å². The Hall–Kier alpha value is -1.12. The average Bonchev–Trinajstić information content (AvgIpc) is 2.27. The van der Waals surface area contributed by atoms with E-state index < -0.39 is 0 Å². The summed E-state index contributed by atoms with van der Waals surface area (Å²) >= 11 is 0. The topological polar surface area (TPSA) is 35.2 Å². The minimum atomic E-state index is -0.105. The van der Waals surface area contributed by atoms with E-state index in [0.29, 0.717) is 0 Å². The molecule has 2 nitrogen and oxygen atoms in total. The van der Waals surface area contributed by atoms with E-state index in [9.17, 15) is 0 Å². The Morgan fingerprint density at radius 3 is 3.00 bits per heavy atom. The SMILES string of the molecule is C=C(C)C(N)C1OCCc2ccccc21. The van der Waals surface area contributed by atoms with Crippen LogP contribution in [0.1, 0.15) is 24.2 Å². The first-order valence-corrected chi connectivity index (χ1v) is 5.30. The lowest BCUT2D eigenvalue weighted by atomic mass is 9.91. The predicted molar refractivity (Wildman–Crippen MR) is 61.6 cm³/mol. The van der Waals surface area contributed by atoms with Crippen molar-refractivity contribution in [3.05, 3.63) is 47.5 Å². The zero-order valence-corrected chi connectivity index (χ0v) is 9.07. The molecular weight excluding hydrogens is 186 g/mol. The van der Waals surface area contributed by atoms with Crippen LogP contribution in [0.2, 0.25) is 0 Å². The minimum absolute atomic E-state index is 0.0209. The lowest BCUT2D eigenvalue weighted by molar-refractivity contribution is 0.0321. The van der Waals surface area contributed by atoms with E-state index in [0.717, 1.165) is 18.6 Å². The lowest BCUT2D eigenvalue weighted by Gasteiger charge is -2.30. The Morgan fingerprint density at radius 2 is 2.27 bits per heavy atom. The van der Waals surface area contributed by atoms with Gasteiger partial charge in [-0.15, -0.1) is 0 Å². The first kappa shape index (κ1) is 10.4. The van der Waals surface area contributed by atoms with Crippen molar-refractivity contribution >= 4 is 0 Å². The predicted octanol–water partition coefficient (Wildman–Crippen LogP) is 2.20. The molecule has 0 aromatic heterocycles. The molecule has 2 rings (SSSR count). The van der Waals surface area contributed by atoms with E-state index in [2.05, 4.69) is 24.8 Å². The van der Waals surface area contributed by atoms with Gasteiger partial charge in [-0.25, -0.2) is 0 Å². The van der Waals surface area contributed by atoms with Crippen molar-refractivity contribution < 1.29 is 4.74 Å². The van der Waals surface area contributed by atoms with Gasteiger partial charge >= 0.3 is 0 Å². The maximum absolute atomic E-state index is 6.08. The molecule has 0 radical (unpaired) electrons. The normalized spacial score (nSPS) is 21.9. The Labute approximate surface area is 90.7 Å². The highest BCUT2D eigenvalue weighted by atomic mass is 16.5. The largest absolute Gasteiger partial charge is 0.371 e. The monoisotopic (exact) mass is 203 g/mol. The van der Waals surface area contributed by atoms with E-state index in [1.54, 1.807) is 0 Å². The van der Waals surface area contributed by atoms with Gasteiger partial charge in [-0.3, -0.25) is 0 Å². The maximum Gasteiger partial charge on any atom is 0.102 e. The van der Waals surface area contributed by atoms with E-state index >= 15 is 0 Å². The molecule has 2 N–H and O–H groups in total. The minimum Gasteiger partial charge on any atom is -0.371 e. The molecule has 15 heavy (non-hydrogen) atoms. The van der Waals surface area contributed by atoms with E-state index in [4.69, 9.17) is 10.5 Å². The zero-order chi connectivity index (χ0) is 10.8. The summed E-state index contributed by atoms with van der Waals surface area (Å²) in [6, 6.07) is 8.24. The summed E-state index contributed by atoms with van der Waals surface area (Å²) in [7, 11) is 0. The summed E-state index contributed by atoms with van der Waals surface area (Å²) in [5, 5.41) is 0. The van der Waals surface area contributed by atoms with Gasteiger partial charge in [-0.05, 0) is 24.5 Å². The smallest absolute Gasteiger partial charge is 0.102 e. The fourth-order valence-corrected chi connectivity index (χ4v) is 1.98. The summed E-state index contributed by atoms with van der Waals surface area (Å²) in [4.78, 5) is 0. The van der Waals surface area contributed by atoms with Crippen LogP contribution in [0.25, 0.3) is 0 Å². The standard InChI is InChI=1S/C13H17NO/c1-9(2)12(14)13-11-6-4-3-5-10(11)7-8-15-13/h3-6,12-13H,1,7-8,14H2,2H3. The molecule has 2 heteroatoms. The van der Waals surface area contributed by atoms with Gasteiger partial charge in [0.2, 0.25) is 0 Å². The number of ether oxygens (including phenoxy) is 1. The summed E-state index contributed by atoms with van der Waals surface area (Å²) in [5.74, 6) is 0. The number of hydrogen-bond acceptors (Lipinski definition) is 2. The van der Waals surface area contributed by atoms with Crippen LogP contribution < -0.4 is 5.73 Å². The van der Waals surface area contributed by atoms with Crippen LogP contribution in [0.15, 0.2) is 36.4 Å². The molecule has 0 aliphatic carbocycles. The number of hydrogen-bond donors (Lipinski definition) is 1. The lowest BCUT2D eigenvalue weighted by Crippen LogP contribution is -2.34. The molecule has 0 saturated heterocycles. The fourth-order valence-electron chi connectivity index (χ4n) is 1.98. The second-order valence-corrected chi connectivity index (χ2v) is 4.11. The third kappa shape index (κ3) is 1.96. The Morgan fingerprint density at radius 1 is 1.53 bits per heavy atom. The van der Waals surface area contributed by atoms with Gasteiger partial charge in [0.15, 0.2) is 0 Å². The van der Waals surface area contributed by atoms with Gasteiger partial charge in [0.1, 0.15) is 6.10 Å². The van der Waals surface area contributed by atoms with Crippen LogP contribution in [0.3, 0.4) is 0 Å². The highest BCUT2D eigenvalue weighted by molar-refractivity contribution is 5.33. The Bertz CT molecular complexity index is 373. The highest BCUT2D eigenvalue weighted by Gasteiger charge is 2.26.